The molecule has 4 aromatic carbocycles. The number of aryl methyl sites for hydroxylation is 1. The van der Waals surface area contributed by atoms with E-state index in [1.807, 2.05) is 6.92 Å². The average Bonchev–Trinajstić information content (AvgIpc) is 2.99. The standard InChI is InChI=1S/C26H25N5O10S2.Cu/c1-13-16-10-24(42-41-40-34)25(26(33)15(16)6-7-17(13)27-2)31-29-19-12-23(39-4)22(38-3)11-18(19)28-30-20-9-14(43(35,36)37)5-8-21(20)32;/h5-12,27,32-34H,1-4H3,(H,35,36,37);. The van der Waals surface area contributed by atoms with Gasteiger partial charge in [-0.2, -0.15) is 8.42 Å². The summed E-state index contributed by atoms with van der Waals surface area (Å²) >= 11 is 0.573. The minimum Gasteiger partial charge on any atom is -0.506 e. The quantitative estimate of drug-likeness (QED) is 0.0265. The number of ether oxygens (including phenoxy) is 2. The van der Waals surface area contributed by atoms with Gasteiger partial charge in [0.05, 0.1) is 36.1 Å². The number of methoxy groups -OCH3 is 2. The molecule has 237 valence electrons. The number of hydrogen-bond donors (Lipinski definition) is 5. The Kier molecular flexibility index (Phi) is 11.5. The van der Waals surface area contributed by atoms with Crippen LogP contribution in [0.25, 0.3) is 10.8 Å². The number of hydrogen-bond acceptors (Lipinski definition) is 15. The van der Waals surface area contributed by atoms with Crippen LogP contribution in [0.15, 0.2) is 78.8 Å². The minimum atomic E-state index is -4.58. The summed E-state index contributed by atoms with van der Waals surface area (Å²) in [6, 6.07) is 10.9. The number of azo groups is 2. The number of nitrogens with zero attached hydrogens (tertiary/aromatic N) is 4. The third-order valence-electron chi connectivity index (χ3n) is 6.18. The fourth-order valence-electron chi connectivity index (χ4n) is 4.02. The van der Waals surface area contributed by atoms with Gasteiger partial charge in [0.25, 0.3) is 10.1 Å². The Labute approximate surface area is 265 Å². The Morgan fingerprint density at radius 2 is 1.45 bits per heavy atom. The molecule has 15 nitrogen and oxygen atoms in total. The topological polar surface area (TPSA) is 213 Å². The second-order valence-corrected chi connectivity index (χ2v) is 10.8. The van der Waals surface area contributed by atoms with E-state index in [2.05, 4.69) is 35.1 Å². The first-order valence-corrected chi connectivity index (χ1v) is 14.2. The summed E-state index contributed by atoms with van der Waals surface area (Å²) in [5.74, 6) is -0.173. The van der Waals surface area contributed by atoms with Crippen LogP contribution in [0.4, 0.5) is 28.4 Å². The van der Waals surface area contributed by atoms with Crippen molar-refractivity contribution in [3.63, 3.8) is 0 Å². The minimum absolute atomic E-state index is 0. The molecule has 0 aliphatic heterocycles. The third-order valence-corrected chi connectivity index (χ3v) is 7.64. The van der Waals surface area contributed by atoms with Gasteiger partial charge in [-0.25, -0.2) is 5.26 Å². The summed E-state index contributed by atoms with van der Waals surface area (Å²) in [6.45, 7) is 1.86. The van der Waals surface area contributed by atoms with Crippen molar-refractivity contribution in [3.8, 4) is 23.0 Å². The molecule has 0 amide bonds. The molecule has 0 saturated heterocycles. The van der Waals surface area contributed by atoms with Gasteiger partial charge >= 0.3 is 0 Å². The summed E-state index contributed by atoms with van der Waals surface area (Å²) in [6.07, 6.45) is 0. The van der Waals surface area contributed by atoms with Gasteiger partial charge in [-0.15, -0.1) is 24.8 Å². The van der Waals surface area contributed by atoms with Crippen LogP contribution in [0, 0.1) is 6.92 Å². The van der Waals surface area contributed by atoms with E-state index < -0.39 is 20.8 Å². The van der Waals surface area contributed by atoms with Crippen molar-refractivity contribution in [2.75, 3.05) is 26.6 Å². The van der Waals surface area contributed by atoms with E-state index in [-0.39, 0.29) is 62.0 Å². The Morgan fingerprint density at radius 3 is 2.02 bits per heavy atom. The van der Waals surface area contributed by atoms with Gasteiger partial charge in [-0.3, -0.25) is 4.55 Å². The maximum atomic E-state index is 11.5. The Balaban J connectivity index is 0.00000529. The van der Waals surface area contributed by atoms with Crippen LogP contribution in [-0.4, -0.2) is 49.7 Å². The Morgan fingerprint density at radius 1 is 0.841 bits per heavy atom. The monoisotopic (exact) mass is 694 g/mol. The zero-order valence-electron chi connectivity index (χ0n) is 23.3. The van der Waals surface area contributed by atoms with Crippen LogP contribution < -0.4 is 14.8 Å². The van der Waals surface area contributed by atoms with Gasteiger partial charge < -0.3 is 25.0 Å². The fourth-order valence-corrected chi connectivity index (χ4v) is 5.01. The van der Waals surface area contributed by atoms with Gasteiger partial charge in [0.2, 0.25) is 0 Å². The first kappa shape index (κ1) is 34.5. The molecular formula is C26H25CuN5O10S2. The van der Waals surface area contributed by atoms with Crippen LogP contribution >= 0.6 is 12.0 Å². The van der Waals surface area contributed by atoms with Crippen molar-refractivity contribution in [1.29, 1.82) is 0 Å². The van der Waals surface area contributed by atoms with Gasteiger partial charge in [-0.1, -0.05) is 5.04 Å². The van der Waals surface area contributed by atoms with Crippen LogP contribution in [-0.2, 0) is 36.6 Å². The molecule has 4 rings (SSSR count). The van der Waals surface area contributed by atoms with E-state index in [4.69, 9.17) is 14.7 Å². The number of phenols is 2. The molecule has 1 radical (unpaired) electrons. The molecule has 0 aromatic heterocycles. The molecule has 5 N–H and O–H groups in total. The number of benzene rings is 4. The number of rotatable bonds is 11. The predicted molar refractivity (Wildman–Crippen MR) is 156 cm³/mol. The molecule has 0 heterocycles. The van der Waals surface area contributed by atoms with Crippen molar-refractivity contribution in [2.45, 2.75) is 16.7 Å². The molecule has 0 atom stereocenters. The SMILES string of the molecule is CNc1ccc2c(O)c(N=Nc3cc(OC)c(OC)cc3N=Nc3cc(S(=O)(=O)O)ccc3O)c(SOOO)cc2c1C.[Cu]. The van der Waals surface area contributed by atoms with Crippen molar-refractivity contribution >= 4 is 61.4 Å². The summed E-state index contributed by atoms with van der Waals surface area (Å²) < 4.78 is 47.7. The number of nitrogens with one attached hydrogen (secondary N) is 1. The van der Waals surface area contributed by atoms with Crippen molar-refractivity contribution in [2.24, 2.45) is 20.5 Å². The van der Waals surface area contributed by atoms with Crippen LogP contribution in [0.3, 0.4) is 0 Å². The summed E-state index contributed by atoms with van der Waals surface area (Å²) in [5, 5.41) is 54.5. The molecule has 18 heteroatoms. The third kappa shape index (κ3) is 7.37. The van der Waals surface area contributed by atoms with Crippen molar-refractivity contribution in [1.82, 2.24) is 0 Å². The van der Waals surface area contributed by atoms with Gasteiger partial charge in [0.1, 0.15) is 28.5 Å². The summed E-state index contributed by atoms with van der Waals surface area (Å²) in [4.78, 5) is -0.274. The van der Waals surface area contributed by atoms with E-state index in [9.17, 15) is 23.2 Å². The molecule has 0 fully saturated rings. The van der Waals surface area contributed by atoms with E-state index in [1.54, 1.807) is 25.2 Å². The van der Waals surface area contributed by atoms with Crippen molar-refractivity contribution < 1.29 is 64.4 Å². The maximum Gasteiger partial charge on any atom is 0.294 e. The van der Waals surface area contributed by atoms with E-state index >= 15 is 0 Å². The number of anilines is 1. The van der Waals surface area contributed by atoms with Crippen molar-refractivity contribution in [3.05, 3.63) is 54.1 Å². The van der Waals surface area contributed by atoms with E-state index in [0.717, 1.165) is 29.4 Å². The second kappa shape index (κ2) is 14.7. The molecule has 0 aliphatic rings. The first-order valence-electron chi connectivity index (χ1n) is 12.0. The zero-order chi connectivity index (χ0) is 31.3. The Bertz CT molecular complexity index is 1860. The molecule has 0 saturated carbocycles. The molecular weight excluding hydrogens is 670 g/mol. The van der Waals surface area contributed by atoms with Crippen LogP contribution in [0.1, 0.15) is 5.56 Å². The van der Waals surface area contributed by atoms with Gasteiger partial charge in [-0.05, 0) is 54.3 Å². The summed E-state index contributed by atoms with van der Waals surface area (Å²) in [7, 11) is -0.0217. The maximum absolute atomic E-state index is 11.5. The number of aromatic hydroxyl groups is 2. The van der Waals surface area contributed by atoms with Crippen LogP contribution in [0.5, 0.6) is 23.0 Å². The molecule has 4 aromatic rings. The van der Waals surface area contributed by atoms with Crippen LogP contribution in [0.2, 0.25) is 0 Å². The predicted octanol–water partition coefficient (Wildman–Crippen LogP) is 7.12. The normalized spacial score (nSPS) is 11.7. The number of phenolic OH excluding ortho intramolecular Hbond substituents is 2. The molecule has 0 bridgehead atoms. The smallest absolute Gasteiger partial charge is 0.294 e. The number of fused-ring (bicyclic) bond motifs is 1. The molecule has 0 unspecified atom stereocenters. The molecule has 0 aliphatic carbocycles. The molecule has 44 heavy (non-hydrogen) atoms. The Hall–Kier alpha value is -4.00. The van der Waals surface area contributed by atoms with E-state index in [0.29, 0.717) is 22.8 Å². The largest absolute Gasteiger partial charge is 0.506 e. The fraction of sp³-hybridized carbons (Fsp3) is 0.154. The average molecular weight is 695 g/mol. The zero-order valence-corrected chi connectivity index (χ0v) is 25.8. The summed E-state index contributed by atoms with van der Waals surface area (Å²) in [5.41, 5.74) is 1.44. The van der Waals surface area contributed by atoms with E-state index in [1.165, 1.54) is 26.4 Å². The van der Waals surface area contributed by atoms with Gasteiger partial charge in [0.15, 0.2) is 17.2 Å². The van der Waals surface area contributed by atoms with Gasteiger partial charge in [0, 0.05) is 47.3 Å². The molecule has 0 spiro atoms. The second-order valence-electron chi connectivity index (χ2n) is 8.60. The first-order chi connectivity index (χ1) is 20.5.